The molecule has 0 fully saturated rings. The zero-order valence-corrected chi connectivity index (χ0v) is 6.44. The number of hydrogen-bond acceptors (Lipinski definition) is 0. The zero-order valence-electron chi connectivity index (χ0n) is 6.44. The van der Waals surface area contributed by atoms with Crippen LogP contribution < -0.4 is 0 Å². The third-order valence-electron chi connectivity index (χ3n) is 1.74. The lowest BCUT2D eigenvalue weighted by Gasteiger charge is -2.00. The summed E-state index contributed by atoms with van der Waals surface area (Å²) in [5, 5.41) is 0. The first-order chi connectivity index (χ1) is 4.20. The molecule has 0 nitrogen and oxygen atoms in total. The highest BCUT2D eigenvalue weighted by Crippen LogP contribution is 2.22. The molecule has 1 rings (SSSR count). The summed E-state index contributed by atoms with van der Waals surface area (Å²) in [6, 6.07) is 0. The van der Waals surface area contributed by atoms with E-state index in [2.05, 4.69) is 32.9 Å². The van der Waals surface area contributed by atoms with E-state index in [1.54, 1.807) is 0 Å². The molecule has 0 N–H and O–H groups in total. The van der Waals surface area contributed by atoms with Crippen LogP contribution in [0.2, 0.25) is 0 Å². The topological polar surface area (TPSA) is 0 Å². The van der Waals surface area contributed by atoms with Gasteiger partial charge in [0.2, 0.25) is 0 Å². The molecule has 0 atom stereocenters. The maximum absolute atomic E-state index is 2.32. The van der Waals surface area contributed by atoms with Crippen LogP contribution in [0.5, 0.6) is 0 Å². The van der Waals surface area contributed by atoms with E-state index in [0.29, 0.717) is 5.92 Å². The molecule has 0 aromatic heterocycles. The summed E-state index contributed by atoms with van der Waals surface area (Å²) in [6.07, 6.45) is 5.79. The lowest BCUT2D eigenvalue weighted by Crippen LogP contribution is -1.86. The van der Waals surface area contributed by atoms with Gasteiger partial charge in [-0.2, -0.15) is 0 Å². The van der Waals surface area contributed by atoms with Gasteiger partial charge in [-0.05, 0) is 24.8 Å². The smallest absolute Gasteiger partial charge is 0.0132 e. The first kappa shape index (κ1) is 9.48. The Morgan fingerprint density at radius 2 is 2.00 bits per heavy atom. The van der Waals surface area contributed by atoms with E-state index in [1.165, 1.54) is 17.6 Å². The fraction of sp³-hybridized carbons (Fsp3) is 0.600. The minimum atomic E-state index is 0. The molecule has 0 aromatic carbocycles. The fourth-order valence-corrected chi connectivity index (χ4v) is 1.08. The van der Waals surface area contributed by atoms with Gasteiger partial charge in [0.15, 0.2) is 0 Å². The molecule has 0 saturated carbocycles. The van der Waals surface area contributed by atoms with E-state index in [9.17, 15) is 0 Å². The lowest BCUT2D eigenvalue weighted by molar-refractivity contribution is 0.793. The first-order valence-corrected chi connectivity index (χ1v) is 3.57. The molecule has 0 saturated heterocycles. The van der Waals surface area contributed by atoms with Crippen molar-refractivity contribution in [3.63, 3.8) is 0 Å². The molecular formula is C10H18. The molecule has 0 amide bonds. The van der Waals surface area contributed by atoms with Crippen LogP contribution in [0.3, 0.4) is 0 Å². The van der Waals surface area contributed by atoms with Gasteiger partial charge >= 0.3 is 0 Å². The Labute approximate surface area is 64.6 Å². The van der Waals surface area contributed by atoms with E-state index in [1.807, 2.05) is 0 Å². The van der Waals surface area contributed by atoms with Crippen molar-refractivity contribution in [2.45, 2.75) is 34.6 Å². The van der Waals surface area contributed by atoms with Crippen LogP contribution in [0, 0.1) is 5.92 Å². The fourth-order valence-electron chi connectivity index (χ4n) is 1.08. The van der Waals surface area contributed by atoms with Crippen molar-refractivity contribution < 1.29 is 0 Å². The largest absolute Gasteiger partial charge is 0.0776 e. The van der Waals surface area contributed by atoms with Crippen molar-refractivity contribution >= 4 is 0 Å². The van der Waals surface area contributed by atoms with E-state index in [-0.39, 0.29) is 7.43 Å². The van der Waals surface area contributed by atoms with E-state index < -0.39 is 0 Å². The van der Waals surface area contributed by atoms with Gasteiger partial charge in [0.1, 0.15) is 0 Å². The third-order valence-corrected chi connectivity index (χ3v) is 1.74. The van der Waals surface area contributed by atoms with Crippen molar-refractivity contribution in [3.8, 4) is 0 Å². The van der Waals surface area contributed by atoms with E-state index in [0.717, 1.165) is 0 Å². The maximum atomic E-state index is 2.32. The Bertz CT molecular complexity index is 159. The minimum absolute atomic E-state index is 0. The van der Waals surface area contributed by atoms with Crippen molar-refractivity contribution in [2.24, 2.45) is 5.92 Å². The molecule has 10 heavy (non-hydrogen) atoms. The van der Waals surface area contributed by atoms with Crippen LogP contribution in [0.4, 0.5) is 0 Å². The second kappa shape index (κ2) is 3.60. The molecule has 0 aromatic rings. The molecular weight excluding hydrogens is 120 g/mol. The highest BCUT2D eigenvalue weighted by atomic mass is 14.1. The molecule has 0 unspecified atom stereocenters. The molecule has 58 valence electrons. The van der Waals surface area contributed by atoms with Gasteiger partial charge in [0.25, 0.3) is 0 Å². The summed E-state index contributed by atoms with van der Waals surface area (Å²) >= 11 is 0. The van der Waals surface area contributed by atoms with Crippen LogP contribution in [-0.4, -0.2) is 0 Å². The predicted octanol–water partition coefficient (Wildman–Crippen LogP) is 3.55. The van der Waals surface area contributed by atoms with Crippen LogP contribution in [-0.2, 0) is 0 Å². The molecule has 0 spiro atoms. The molecule has 1 aliphatic carbocycles. The predicted molar refractivity (Wildman–Crippen MR) is 48.0 cm³/mol. The van der Waals surface area contributed by atoms with Crippen molar-refractivity contribution in [1.29, 1.82) is 0 Å². The van der Waals surface area contributed by atoms with Crippen LogP contribution in [0.1, 0.15) is 34.6 Å². The highest BCUT2D eigenvalue weighted by molar-refractivity contribution is 5.32. The summed E-state index contributed by atoms with van der Waals surface area (Å²) in [7, 11) is 0. The average molecular weight is 138 g/mol. The summed E-state index contributed by atoms with van der Waals surface area (Å²) in [4.78, 5) is 0. The summed E-state index contributed by atoms with van der Waals surface area (Å²) in [5.41, 5.74) is 3.01. The van der Waals surface area contributed by atoms with Gasteiger partial charge in [-0.1, -0.05) is 39.0 Å². The number of hydrogen-bond donors (Lipinski definition) is 0. The molecule has 0 heteroatoms. The Balaban J connectivity index is 0.000000810. The Morgan fingerprint density at radius 3 is 2.20 bits per heavy atom. The Morgan fingerprint density at radius 1 is 1.40 bits per heavy atom. The molecule has 1 aliphatic rings. The Hall–Kier alpha value is -0.520. The zero-order chi connectivity index (χ0) is 6.85. The first-order valence-electron chi connectivity index (χ1n) is 3.57. The van der Waals surface area contributed by atoms with Gasteiger partial charge in [-0.15, -0.1) is 0 Å². The van der Waals surface area contributed by atoms with Gasteiger partial charge < -0.3 is 0 Å². The lowest BCUT2D eigenvalue weighted by atomic mass is 10.1. The van der Waals surface area contributed by atoms with Gasteiger partial charge in [-0.3, -0.25) is 0 Å². The highest BCUT2D eigenvalue weighted by Gasteiger charge is 2.04. The summed E-state index contributed by atoms with van der Waals surface area (Å²) in [6.45, 7) is 6.66. The molecule has 0 heterocycles. The number of allylic oxidation sites excluding steroid dienone is 4. The maximum Gasteiger partial charge on any atom is -0.0132 e. The SMILES string of the molecule is C.CC1=CC(C(C)C)=CC1. The second-order valence-corrected chi connectivity index (χ2v) is 3.05. The third kappa shape index (κ3) is 2.02. The summed E-state index contributed by atoms with van der Waals surface area (Å²) in [5.74, 6) is 0.711. The standard InChI is InChI=1S/C9H14.CH4/c1-7(2)9-5-4-8(3)6-9;/h5-7H,4H2,1-3H3;1H4. The van der Waals surface area contributed by atoms with Crippen molar-refractivity contribution in [3.05, 3.63) is 23.3 Å². The molecule has 0 aliphatic heterocycles. The second-order valence-electron chi connectivity index (χ2n) is 3.05. The quantitative estimate of drug-likeness (QED) is 0.519. The van der Waals surface area contributed by atoms with E-state index in [4.69, 9.17) is 0 Å². The minimum Gasteiger partial charge on any atom is -0.0776 e. The van der Waals surface area contributed by atoms with Crippen molar-refractivity contribution in [1.82, 2.24) is 0 Å². The van der Waals surface area contributed by atoms with E-state index >= 15 is 0 Å². The van der Waals surface area contributed by atoms with Crippen LogP contribution in [0.25, 0.3) is 0 Å². The molecule has 0 radical (unpaired) electrons. The van der Waals surface area contributed by atoms with Crippen LogP contribution >= 0.6 is 0 Å². The average Bonchev–Trinajstić information content (AvgIpc) is 2.14. The van der Waals surface area contributed by atoms with Gasteiger partial charge in [0.05, 0.1) is 0 Å². The van der Waals surface area contributed by atoms with Gasteiger partial charge in [-0.25, -0.2) is 0 Å². The Kier molecular flexibility index (Phi) is 3.41. The summed E-state index contributed by atoms with van der Waals surface area (Å²) < 4.78 is 0. The van der Waals surface area contributed by atoms with Crippen molar-refractivity contribution in [2.75, 3.05) is 0 Å². The number of rotatable bonds is 1. The van der Waals surface area contributed by atoms with Gasteiger partial charge in [0, 0.05) is 0 Å². The normalized spacial score (nSPS) is 16.4. The molecule has 0 bridgehead atoms. The monoisotopic (exact) mass is 138 g/mol. The van der Waals surface area contributed by atoms with Crippen LogP contribution in [0.15, 0.2) is 23.3 Å².